The molecule has 0 bridgehead atoms. The Kier molecular flexibility index (Phi) is 17.7. The Morgan fingerprint density at radius 3 is 1.56 bits per heavy atom. The highest BCUT2D eigenvalue weighted by molar-refractivity contribution is 4.72. The van der Waals surface area contributed by atoms with E-state index in [0.29, 0.717) is 6.61 Å². The Labute approximate surface area is 169 Å². The Morgan fingerprint density at radius 2 is 1.11 bits per heavy atom. The number of hydrogen-bond donors (Lipinski definition) is 1. The third-order valence-electron chi connectivity index (χ3n) is 5.85. The van der Waals surface area contributed by atoms with Gasteiger partial charge in [0.1, 0.15) is 0 Å². The molecular weight excluding hydrogens is 336 g/mol. The van der Waals surface area contributed by atoms with Crippen LogP contribution in [-0.2, 0) is 9.47 Å². The monoisotopic (exact) mass is 384 g/mol. The molecular formula is C24H48O3. The van der Waals surface area contributed by atoms with Gasteiger partial charge in [-0.15, -0.1) is 0 Å². The van der Waals surface area contributed by atoms with Crippen molar-refractivity contribution >= 4 is 0 Å². The number of unbranched alkanes of at least 4 members (excludes halogenated alkanes) is 15. The van der Waals surface area contributed by atoms with Crippen LogP contribution in [0.5, 0.6) is 0 Å². The lowest BCUT2D eigenvalue weighted by Gasteiger charge is -2.12. The van der Waals surface area contributed by atoms with Crippen LogP contribution in [0.25, 0.3) is 0 Å². The molecule has 0 saturated carbocycles. The summed E-state index contributed by atoms with van der Waals surface area (Å²) in [5.41, 5.74) is 0. The molecule has 1 rings (SSSR count). The molecule has 0 radical (unpaired) electrons. The summed E-state index contributed by atoms with van der Waals surface area (Å²) in [6, 6.07) is 0. The highest BCUT2D eigenvalue weighted by Gasteiger charge is 2.24. The van der Waals surface area contributed by atoms with Crippen molar-refractivity contribution in [2.45, 2.75) is 135 Å². The van der Waals surface area contributed by atoms with Crippen LogP contribution < -0.4 is 0 Å². The highest BCUT2D eigenvalue weighted by Crippen LogP contribution is 2.19. The average Bonchev–Trinajstić information content (AvgIpc) is 3.15. The summed E-state index contributed by atoms with van der Waals surface area (Å²) in [4.78, 5) is 0. The Bertz CT molecular complexity index is 295. The van der Waals surface area contributed by atoms with E-state index >= 15 is 0 Å². The van der Waals surface area contributed by atoms with Gasteiger partial charge in [0.25, 0.3) is 0 Å². The Balaban J connectivity index is 1.67. The molecule has 2 atom stereocenters. The molecule has 0 aromatic rings. The van der Waals surface area contributed by atoms with Gasteiger partial charge in [0.05, 0.1) is 25.4 Å². The van der Waals surface area contributed by atoms with E-state index in [4.69, 9.17) is 14.6 Å². The smallest absolute Gasteiger partial charge is 0.0814 e. The second-order valence-corrected chi connectivity index (χ2v) is 8.52. The molecule has 0 aromatic carbocycles. The molecule has 1 saturated heterocycles. The molecule has 0 aliphatic carbocycles. The van der Waals surface area contributed by atoms with Gasteiger partial charge in [-0.2, -0.15) is 0 Å². The third kappa shape index (κ3) is 15.5. The number of hydrogen-bond acceptors (Lipinski definition) is 3. The van der Waals surface area contributed by atoms with Crippen LogP contribution in [0, 0.1) is 0 Å². The fraction of sp³-hybridized carbons (Fsp3) is 1.00. The van der Waals surface area contributed by atoms with E-state index in [-0.39, 0.29) is 18.8 Å². The third-order valence-corrected chi connectivity index (χ3v) is 5.85. The normalized spacial score (nSPS) is 19.8. The lowest BCUT2D eigenvalue weighted by Crippen LogP contribution is -2.19. The molecule has 162 valence electrons. The number of rotatable bonds is 20. The number of aliphatic hydroxyl groups excluding tert-OH is 1. The van der Waals surface area contributed by atoms with Gasteiger partial charge in [-0.25, -0.2) is 0 Å². The van der Waals surface area contributed by atoms with Gasteiger partial charge in [-0.3, -0.25) is 0 Å². The Hall–Kier alpha value is -0.120. The van der Waals surface area contributed by atoms with E-state index in [2.05, 4.69) is 6.92 Å². The average molecular weight is 385 g/mol. The van der Waals surface area contributed by atoms with Crippen molar-refractivity contribution in [3.63, 3.8) is 0 Å². The minimum atomic E-state index is 0.0501. The maximum absolute atomic E-state index is 9.05. The van der Waals surface area contributed by atoms with Crippen molar-refractivity contribution in [1.29, 1.82) is 0 Å². The van der Waals surface area contributed by atoms with Crippen molar-refractivity contribution in [2.24, 2.45) is 0 Å². The maximum atomic E-state index is 9.05. The zero-order valence-electron chi connectivity index (χ0n) is 18.3. The van der Waals surface area contributed by atoms with Crippen LogP contribution in [0.1, 0.15) is 122 Å². The summed E-state index contributed by atoms with van der Waals surface area (Å²) in [5, 5.41) is 9.05. The first-order chi connectivity index (χ1) is 13.4. The van der Waals surface area contributed by atoms with Crippen LogP contribution in [0.4, 0.5) is 0 Å². The second-order valence-electron chi connectivity index (χ2n) is 8.52. The molecule has 1 heterocycles. The molecule has 0 aromatic heterocycles. The number of aliphatic hydroxyl groups is 1. The van der Waals surface area contributed by atoms with E-state index in [1.807, 2.05) is 0 Å². The lowest BCUT2D eigenvalue weighted by atomic mass is 10.0. The highest BCUT2D eigenvalue weighted by atomic mass is 16.5. The molecule has 3 heteroatoms. The minimum Gasteiger partial charge on any atom is -0.394 e. The van der Waals surface area contributed by atoms with Crippen LogP contribution in [0.2, 0.25) is 0 Å². The summed E-state index contributed by atoms with van der Waals surface area (Å²) < 4.78 is 11.4. The van der Waals surface area contributed by atoms with E-state index in [1.54, 1.807) is 0 Å². The summed E-state index contributed by atoms with van der Waals surface area (Å²) >= 11 is 0. The zero-order chi connectivity index (χ0) is 19.4. The molecule has 1 fully saturated rings. The molecule has 1 N–H and O–H groups in total. The fourth-order valence-corrected chi connectivity index (χ4v) is 4.00. The van der Waals surface area contributed by atoms with Crippen LogP contribution in [0.3, 0.4) is 0 Å². The summed E-state index contributed by atoms with van der Waals surface area (Å²) in [6.45, 7) is 4.00. The first-order valence-corrected chi connectivity index (χ1v) is 12.2. The van der Waals surface area contributed by atoms with E-state index < -0.39 is 0 Å². The van der Waals surface area contributed by atoms with Gasteiger partial charge < -0.3 is 14.6 Å². The van der Waals surface area contributed by atoms with E-state index in [9.17, 15) is 0 Å². The molecule has 3 nitrogen and oxygen atoms in total. The van der Waals surface area contributed by atoms with E-state index in [0.717, 1.165) is 19.4 Å². The summed E-state index contributed by atoms with van der Waals surface area (Å²) in [7, 11) is 0. The first-order valence-electron chi connectivity index (χ1n) is 12.2. The SMILES string of the molecule is CCCCCCCCCCCCCCCCCCOCC1CC[C@@H](CO)O1. The molecule has 1 aliphatic heterocycles. The first kappa shape index (κ1) is 24.9. The molecule has 0 spiro atoms. The predicted octanol–water partition coefficient (Wildman–Crippen LogP) is 6.80. The second kappa shape index (κ2) is 19.2. The lowest BCUT2D eigenvalue weighted by molar-refractivity contribution is -0.0318. The zero-order valence-corrected chi connectivity index (χ0v) is 18.3. The molecule has 27 heavy (non-hydrogen) atoms. The van der Waals surface area contributed by atoms with Crippen molar-refractivity contribution in [2.75, 3.05) is 19.8 Å². The fourth-order valence-electron chi connectivity index (χ4n) is 4.00. The summed E-state index contributed by atoms with van der Waals surface area (Å²) in [5.74, 6) is 0. The van der Waals surface area contributed by atoms with Crippen LogP contribution >= 0.6 is 0 Å². The van der Waals surface area contributed by atoms with E-state index in [1.165, 1.54) is 103 Å². The van der Waals surface area contributed by atoms with Gasteiger partial charge in [-0.05, 0) is 19.3 Å². The van der Waals surface area contributed by atoms with Gasteiger partial charge in [-0.1, -0.05) is 103 Å². The number of ether oxygens (including phenoxy) is 2. The van der Waals surface area contributed by atoms with Crippen molar-refractivity contribution < 1.29 is 14.6 Å². The molecule has 1 unspecified atom stereocenters. The van der Waals surface area contributed by atoms with Crippen molar-refractivity contribution in [3.8, 4) is 0 Å². The molecule has 0 amide bonds. The largest absolute Gasteiger partial charge is 0.394 e. The topological polar surface area (TPSA) is 38.7 Å². The predicted molar refractivity (Wildman–Crippen MR) is 115 cm³/mol. The quantitative estimate of drug-likeness (QED) is 0.234. The van der Waals surface area contributed by atoms with Crippen molar-refractivity contribution in [3.05, 3.63) is 0 Å². The van der Waals surface area contributed by atoms with Crippen molar-refractivity contribution in [1.82, 2.24) is 0 Å². The standard InChI is InChI=1S/C24H48O3/c1-2-3-4-5-6-7-8-9-10-11-12-13-14-15-16-17-20-26-22-24-19-18-23(21-25)27-24/h23-25H,2-22H2,1H3/t23-,24?/m0/s1. The van der Waals surface area contributed by atoms with Gasteiger partial charge >= 0.3 is 0 Å². The minimum absolute atomic E-state index is 0.0501. The van der Waals surface area contributed by atoms with Crippen LogP contribution in [-0.4, -0.2) is 37.1 Å². The summed E-state index contributed by atoms with van der Waals surface area (Å²) in [6.07, 6.45) is 24.7. The maximum Gasteiger partial charge on any atom is 0.0814 e. The van der Waals surface area contributed by atoms with Crippen LogP contribution in [0.15, 0.2) is 0 Å². The van der Waals surface area contributed by atoms with Gasteiger partial charge in [0, 0.05) is 6.61 Å². The Morgan fingerprint density at radius 1 is 0.667 bits per heavy atom. The van der Waals surface area contributed by atoms with Gasteiger partial charge in [0.2, 0.25) is 0 Å². The van der Waals surface area contributed by atoms with Gasteiger partial charge in [0.15, 0.2) is 0 Å². The molecule has 1 aliphatic rings.